The van der Waals surface area contributed by atoms with E-state index in [1.54, 1.807) is 11.8 Å². The van der Waals surface area contributed by atoms with Crippen LogP contribution < -0.4 is 0 Å². The first kappa shape index (κ1) is 24.6. The van der Waals surface area contributed by atoms with Crippen LogP contribution in [0.25, 0.3) is 0 Å². The van der Waals surface area contributed by atoms with E-state index in [2.05, 4.69) is 70.0 Å². The Bertz CT molecular complexity index is 887. The van der Waals surface area contributed by atoms with Gasteiger partial charge in [-0.15, -0.1) is 0 Å². The maximum absolute atomic E-state index is 13.5. The first-order valence-corrected chi connectivity index (χ1v) is 12.6. The lowest BCUT2D eigenvalue weighted by Crippen LogP contribution is -2.49. The molecule has 1 fully saturated rings. The summed E-state index contributed by atoms with van der Waals surface area (Å²) >= 11 is 3.50. The Balaban J connectivity index is 1.79. The SMILES string of the molecule is CCC(C)N(CC(=O)N(Cc1cccn1Cc1ccc(Br)cc1)C1CCCCC1)C(C)=O. The van der Waals surface area contributed by atoms with Crippen LogP contribution in [0.4, 0.5) is 0 Å². The van der Waals surface area contributed by atoms with Gasteiger partial charge in [0.05, 0.1) is 13.1 Å². The second-order valence-electron chi connectivity index (χ2n) is 8.97. The molecule has 0 N–H and O–H groups in total. The number of nitrogens with zero attached hydrogens (tertiary/aromatic N) is 3. The Morgan fingerprint density at radius 3 is 2.44 bits per heavy atom. The van der Waals surface area contributed by atoms with Crippen LogP contribution >= 0.6 is 15.9 Å². The molecule has 1 aliphatic rings. The number of carbonyl (C=O) groups is 2. The highest BCUT2D eigenvalue weighted by atomic mass is 79.9. The van der Waals surface area contributed by atoms with Gasteiger partial charge in [0, 0.05) is 41.9 Å². The number of hydrogen-bond donors (Lipinski definition) is 0. The summed E-state index contributed by atoms with van der Waals surface area (Å²) < 4.78 is 3.29. The summed E-state index contributed by atoms with van der Waals surface area (Å²) in [6, 6.07) is 12.8. The average Bonchev–Trinajstić information content (AvgIpc) is 3.23. The van der Waals surface area contributed by atoms with E-state index in [1.807, 2.05) is 11.8 Å². The van der Waals surface area contributed by atoms with Crippen LogP contribution in [0, 0.1) is 0 Å². The minimum atomic E-state index is -0.0325. The first-order chi connectivity index (χ1) is 15.4. The highest BCUT2D eigenvalue weighted by Crippen LogP contribution is 2.25. The minimum Gasteiger partial charge on any atom is -0.345 e. The smallest absolute Gasteiger partial charge is 0.242 e. The molecule has 0 saturated heterocycles. The largest absolute Gasteiger partial charge is 0.345 e. The molecule has 3 rings (SSSR count). The minimum absolute atomic E-state index is 0.0325. The highest BCUT2D eigenvalue weighted by molar-refractivity contribution is 9.10. The third kappa shape index (κ3) is 6.47. The zero-order chi connectivity index (χ0) is 23.1. The standard InChI is InChI=1S/C26H36BrN3O2/c1-4-20(2)29(21(3)31)19-26(32)30(24-9-6-5-7-10-24)18-25-11-8-16-28(25)17-22-12-14-23(27)15-13-22/h8,11-16,20,24H,4-7,9-10,17-19H2,1-3H3. The van der Waals surface area contributed by atoms with Crippen molar-refractivity contribution in [3.05, 3.63) is 58.3 Å². The van der Waals surface area contributed by atoms with E-state index in [-0.39, 0.29) is 30.4 Å². The number of benzene rings is 1. The van der Waals surface area contributed by atoms with Crippen LogP contribution in [0.3, 0.4) is 0 Å². The number of amides is 2. The molecule has 1 saturated carbocycles. The fourth-order valence-corrected chi connectivity index (χ4v) is 4.82. The predicted molar refractivity (Wildman–Crippen MR) is 132 cm³/mol. The van der Waals surface area contributed by atoms with Gasteiger partial charge in [-0.25, -0.2) is 0 Å². The molecule has 2 aromatic rings. The number of halogens is 1. The Labute approximate surface area is 200 Å². The van der Waals surface area contributed by atoms with E-state index in [0.717, 1.165) is 48.8 Å². The van der Waals surface area contributed by atoms with Gasteiger partial charge < -0.3 is 14.4 Å². The fraction of sp³-hybridized carbons (Fsp3) is 0.538. The average molecular weight is 502 g/mol. The zero-order valence-corrected chi connectivity index (χ0v) is 21.2. The summed E-state index contributed by atoms with van der Waals surface area (Å²) in [4.78, 5) is 29.5. The topological polar surface area (TPSA) is 45.6 Å². The van der Waals surface area contributed by atoms with Gasteiger partial charge in [-0.05, 0) is 56.0 Å². The maximum atomic E-state index is 13.5. The molecule has 32 heavy (non-hydrogen) atoms. The summed E-state index contributed by atoms with van der Waals surface area (Å²) in [7, 11) is 0. The van der Waals surface area contributed by atoms with Crippen molar-refractivity contribution >= 4 is 27.7 Å². The van der Waals surface area contributed by atoms with Gasteiger partial charge in [0.15, 0.2) is 0 Å². The summed E-state index contributed by atoms with van der Waals surface area (Å²) in [5.74, 6) is 0.0266. The van der Waals surface area contributed by atoms with Crippen molar-refractivity contribution in [2.45, 2.75) is 84.5 Å². The summed E-state index contributed by atoms with van der Waals surface area (Å²) in [6.07, 6.45) is 8.58. The van der Waals surface area contributed by atoms with Crippen molar-refractivity contribution in [1.82, 2.24) is 14.4 Å². The fourth-order valence-electron chi connectivity index (χ4n) is 4.56. The van der Waals surface area contributed by atoms with E-state index in [0.29, 0.717) is 6.54 Å². The third-order valence-corrected chi connectivity index (χ3v) is 7.22. The molecule has 0 bridgehead atoms. The molecule has 1 aromatic heterocycles. The molecule has 0 radical (unpaired) electrons. The van der Waals surface area contributed by atoms with Crippen molar-refractivity contribution in [2.24, 2.45) is 0 Å². The molecule has 6 heteroatoms. The van der Waals surface area contributed by atoms with Crippen molar-refractivity contribution < 1.29 is 9.59 Å². The van der Waals surface area contributed by atoms with Gasteiger partial charge in [-0.2, -0.15) is 0 Å². The van der Waals surface area contributed by atoms with Crippen LogP contribution in [0.2, 0.25) is 0 Å². The molecule has 1 unspecified atom stereocenters. The first-order valence-electron chi connectivity index (χ1n) is 11.8. The lowest BCUT2D eigenvalue weighted by Gasteiger charge is -2.37. The summed E-state index contributed by atoms with van der Waals surface area (Å²) in [6.45, 7) is 7.15. The number of carbonyl (C=O) groups excluding carboxylic acids is 2. The Kier molecular flexibility index (Phi) is 8.97. The molecule has 5 nitrogen and oxygen atoms in total. The van der Waals surface area contributed by atoms with Crippen LogP contribution in [-0.4, -0.2) is 44.8 Å². The molecular formula is C26H36BrN3O2. The van der Waals surface area contributed by atoms with Crippen LogP contribution in [-0.2, 0) is 22.7 Å². The second-order valence-corrected chi connectivity index (χ2v) is 9.89. The van der Waals surface area contributed by atoms with E-state index in [1.165, 1.54) is 12.0 Å². The van der Waals surface area contributed by atoms with Crippen molar-refractivity contribution in [3.63, 3.8) is 0 Å². The molecular weight excluding hydrogens is 466 g/mol. The van der Waals surface area contributed by atoms with E-state index in [9.17, 15) is 9.59 Å². The molecule has 1 atom stereocenters. The molecule has 174 valence electrons. The normalized spacial score (nSPS) is 15.4. The van der Waals surface area contributed by atoms with Crippen molar-refractivity contribution in [1.29, 1.82) is 0 Å². The molecule has 1 aliphatic carbocycles. The molecule has 1 aromatic carbocycles. The van der Waals surface area contributed by atoms with Gasteiger partial charge in [0.25, 0.3) is 0 Å². The van der Waals surface area contributed by atoms with E-state index >= 15 is 0 Å². The molecule has 0 spiro atoms. The predicted octanol–water partition coefficient (Wildman–Crippen LogP) is 5.61. The van der Waals surface area contributed by atoms with Gasteiger partial charge in [-0.3, -0.25) is 9.59 Å². The quantitative estimate of drug-likeness (QED) is 0.448. The zero-order valence-electron chi connectivity index (χ0n) is 19.6. The molecule has 1 heterocycles. The monoisotopic (exact) mass is 501 g/mol. The lowest BCUT2D eigenvalue weighted by molar-refractivity contribution is -0.143. The van der Waals surface area contributed by atoms with Gasteiger partial charge in [-0.1, -0.05) is 54.2 Å². The van der Waals surface area contributed by atoms with Crippen LogP contribution in [0.5, 0.6) is 0 Å². The van der Waals surface area contributed by atoms with Crippen LogP contribution in [0.15, 0.2) is 47.1 Å². The number of hydrogen-bond acceptors (Lipinski definition) is 2. The van der Waals surface area contributed by atoms with Gasteiger partial charge >= 0.3 is 0 Å². The highest BCUT2D eigenvalue weighted by Gasteiger charge is 2.29. The Hall–Kier alpha value is -2.08. The van der Waals surface area contributed by atoms with Gasteiger partial charge in [0.1, 0.15) is 0 Å². The maximum Gasteiger partial charge on any atom is 0.242 e. The van der Waals surface area contributed by atoms with E-state index in [4.69, 9.17) is 0 Å². The summed E-state index contributed by atoms with van der Waals surface area (Å²) in [5.41, 5.74) is 2.35. The number of aromatic nitrogens is 1. The van der Waals surface area contributed by atoms with E-state index < -0.39 is 0 Å². The Morgan fingerprint density at radius 1 is 1.12 bits per heavy atom. The molecule has 2 amide bonds. The van der Waals surface area contributed by atoms with Crippen molar-refractivity contribution in [2.75, 3.05) is 6.54 Å². The molecule has 0 aliphatic heterocycles. The van der Waals surface area contributed by atoms with Gasteiger partial charge in [0.2, 0.25) is 11.8 Å². The van der Waals surface area contributed by atoms with Crippen LogP contribution in [0.1, 0.15) is 70.6 Å². The lowest BCUT2D eigenvalue weighted by atomic mass is 9.94. The Morgan fingerprint density at radius 2 is 1.81 bits per heavy atom. The summed E-state index contributed by atoms with van der Waals surface area (Å²) in [5, 5.41) is 0. The third-order valence-electron chi connectivity index (χ3n) is 6.69. The van der Waals surface area contributed by atoms with Crippen molar-refractivity contribution in [3.8, 4) is 0 Å². The number of rotatable bonds is 9. The second kappa shape index (κ2) is 11.7.